The maximum atomic E-state index is 12.0. The molecule has 0 aromatic heterocycles. The van der Waals surface area contributed by atoms with Crippen molar-refractivity contribution in [1.29, 1.82) is 0 Å². The second kappa shape index (κ2) is 7.55. The average molecular weight is 374 g/mol. The third-order valence-corrected chi connectivity index (χ3v) is 4.17. The molecule has 23 heavy (non-hydrogen) atoms. The van der Waals surface area contributed by atoms with E-state index in [-0.39, 0.29) is 26.3 Å². The molecule has 8 heteroatoms. The number of hydrogen-bond acceptors (Lipinski definition) is 2. The van der Waals surface area contributed by atoms with Gasteiger partial charge in [0.05, 0.1) is 21.5 Å². The van der Waals surface area contributed by atoms with E-state index in [4.69, 9.17) is 39.9 Å². The first-order chi connectivity index (χ1) is 10.9. The van der Waals surface area contributed by atoms with Gasteiger partial charge in [0, 0.05) is 16.9 Å². The molecule has 120 valence electrons. The lowest BCUT2D eigenvalue weighted by atomic mass is 10.1. The van der Waals surface area contributed by atoms with Crippen LogP contribution in [-0.2, 0) is 11.2 Å². The Kier molecular flexibility index (Phi) is 5.71. The van der Waals surface area contributed by atoms with Gasteiger partial charge in [-0.05, 0) is 18.2 Å². The van der Waals surface area contributed by atoms with Crippen LogP contribution in [0.15, 0.2) is 36.4 Å². The summed E-state index contributed by atoms with van der Waals surface area (Å²) in [4.78, 5) is 23.0. The van der Waals surface area contributed by atoms with E-state index < -0.39 is 18.4 Å². The van der Waals surface area contributed by atoms with Gasteiger partial charge in [-0.25, -0.2) is 4.79 Å². The molecule has 0 aliphatic rings. The lowest BCUT2D eigenvalue weighted by Gasteiger charge is -2.14. The van der Waals surface area contributed by atoms with Gasteiger partial charge < -0.3 is 15.7 Å². The van der Waals surface area contributed by atoms with Crippen LogP contribution in [0.5, 0.6) is 0 Å². The van der Waals surface area contributed by atoms with Crippen LogP contribution in [0.4, 0.5) is 16.2 Å². The molecule has 0 saturated heterocycles. The van der Waals surface area contributed by atoms with Crippen LogP contribution in [-0.4, -0.2) is 17.1 Å². The maximum Gasteiger partial charge on any atom is 0.323 e. The molecule has 0 bridgehead atoms. The molecule has 0 unspecified atom stereocenters. The molecule has 0 radical (unpaired) electrons. The number of aliphatic carboxylic acids is 1. The number of halogens is 3. The molecule has 5 nitrogen and oxygen atoms in total. The summed E-state index contributed by atoms with van der Waals surface area (Å²) in [6.45, 7) is 0. The van der Waals surface area contributed by atoms with Crippen molar-refractivity contribution in [1.82, 2.24) is 0 Å². The second-order valence-corrected chi connectivity index (χ2v) is 5.69. The number of carboxylic acids is 1. The minimum Gasteiger partial charge on any atom is -0.481 e. The zero-order chi connectivity index (χ0) is 17.0. The fourth-order valence-electron chi connectivity index (χ4n) is 1.87. The third-order valence-electron chi connectivity index (χ3n) is 2.87. The first-order valence-corrected chi connectivity index (χ1v) is 7.53. The molecule has 0 aliphatic carbocycles. The Balaban J connectivity index is 2.27. The zero-order valence-electron chi connectivity index (χ0n) is 11.6. The van der Waals surface area contributed by atoms with Crippen molar-refractivity contribution in [3.05, 3.63) is 57.0 Å². The van der Waals surface area contributed by atoms with Crippen molar-refractivity contribution in [3.8, 4) is 0 Å². The van der Waals surface area contributed by atoms with Crippen molar-refractivity contribution in [2.45, 2.75) is 6.42 Å². The molecule has 0 atom stereocenters. The molecule has 0 heterocycles. The van der Waals surface area contributed by atoms with Gasteiger partial charge in [0.15, 0.2) is 0 Å². The van der Waals surface area contributed by atoms with Crippen LogP contribution in [0.2, 0.25) is 15.1 Å². The summed E-state index contributed by atoms with van der Waals surface area (Å²) in [6, 6.07) is 9.56. The van der Waals surface area contributed by atoms with E-state index >= 15 is 0 Å². The van der Waals surface area contributed by atoms with Crippen LogP contribution >= 0.6 is 34.8 Å². The fourth-order valence-corrected chi connectivity index (χ4v) is 2.57. The highest BCUT2D eigenvalue weighted by atomic mass is 35.5. The summed E-state index contributed by atoms with van der Waals surface area (Å²) in [5.74, 6) is -1.11. The van der Waals surface area contributed by atoms with Crippen molar-refractivity contribution in [2.24, 2.45) is 0 Å². The number of rotatable bonds is 4. The molecule has 2 rings (SSSR count). The van der Waals surface area contributed by atoms with Crippen molar-refractivity contribution < 1.29 is 14.7 Å². The van der Waals surface area contributed by atoms with Crippen LogP contribution < -0.4 is 10.6 Å². The van der Waals surface area contributed by atoms with Crippen molar-refractivity contribution in [3.63, 3.8) is 0 Å². The molecule has 2 amide bonds. The summed E-state index contributed by atoms with van der Waals surface area (Å²) in [5.41, 5.74) is 0.938. The van der Waals surface area contributed by atoms with Gasteiger partial charge >= 0.3 is 12.0 Å². The zero-order valence-corrected chi connectivity index (χ0v) is 13.8. The van der Waals surface area contributed by atoms with E-state index in [2.05, 4.69) is 10.6 Å². The molecule has 0 fully saturated rings. The van der Waals surface area contributed by atoms with Crippen molar-refractivity contribution >= 4 is 58.2 Å². The highest BCUT2D eigenvalue weighted by molar-refractivity contribution is 6.48. The van der Waals surface area contributed by atoms with Crippen molar-refractivity contribution in [2.75, 3.05) is 10.6 Å². The Morgan fingerprint density at radius 2 is 1.65 bits per heavy atom. The summed E-state index contributed by atoms with van der Waals surface area (Å²) in [5, 5.41) is 14.3. The van der Waals surface area contributed by atoms with Crippen LogP contribution in [0.1, 0.15) is 5.56 Å². The Bertz CT molecular complexity index is 751. The van der Waals surface area contributed by atoms with E-state index in [9.17, 15) is 9.59 Å². The number of carboxylic acid groups (broad SMARTS) is 1. The number of nitrogens with one attached hydrogen (secondary N) is 2. The summed E-state index contributed by atoms with van der Waals surface area (Å²) in [7, 11) is 0. The lowest BCUT2D eigenvalue weighted by Crippen LogP contribution is -2.21. The fraction of sp³-hybridized carbons (Fsp3) is 0.0667. The minimum atomic E-state index is -1.11. The van der Waals surface area contributed by atoms with Gasteiger partial charge in [0.25, 0.3) is 0 Å². The number of amides is 2. The number of benzene rings is 2. The Labute approximate surface area is 147 Å². The van der Waals surface area contributed by atoms with Gasteiger partial charge in [0.1, 0.15) is 0 Å². The predicted molar refractivity (Wildman–Crippen MR) is 91.9 cm³/mol. The van der Waals surface area contributed by atoms with Gasteiger partial charge in [-0.3, -0.25) is 4.79 Å². The number of anilines is 2. The first kappa shape index (κ1) is 17.4. The molecular weight excluding hydrogens is 363 g/mol. The monoisotopic (exact) mass is 372 g/mol. The van der Waals surface area contributed by atoms with E-state index in [1.807, 2.05) is 6.07 Å². The number of carbonyl (C=O) groups excluding carboxylic acids is 1. The average Bonchev–Trinajstić information content (AvgIpc) is 2.50. The minimum absolute atomic E-state index is 0.00317. The smallest absolute Gasteiger partial charge is 0.323 e. The molecule has 2 aromatic carbocycles. The SMILES string of the molecule is O=C(O)Cc1c(NC(=O)Nc2ccccc2)cc(Cl)c(Cl)c1Cl. The molecule has 0 aliphatic heterocycles. The van der Waals surface area contributed by atoms with Crippen LogP contribution in [0.25, 0.3) is 0 Å². The van der Waals surface area contributed by atoms with E-state index in [0.29, 0.717) is 5.69 Å². The molecule has 0 saturated carbocycles. The first-order valence-electron chi connectivity index (χ1n) is 6.39. The van der Waals surface area contributed by atoms with E-state index in [0.717, 1.165) is 0 Å². The molecular formula is C15H11Cl3N2O3. The Morgan fingerprint density at radius 1 is 1.00 bits per heavy atom. The summed E-state index contributed by atoms with van der Waals surface area (Å²) in [6.07, 6.45) is -0.406. The number of hydrogen-bond donors (Lipinski definition) is 3. The quantitative estimate of drug-likeness (QED) is 0.666. The Hall–Kier alpha value is -1.95. The normalized spacial score (nSPS) is 10.2. The molecule has 2 aromatic rings. The van der Waals surface area contributed by atoms with Gasteiger partial charge in [-0.1, -0.05) is 53.0 Å². The number of carbonyl (C=O) groups is 2. The third kappa shape index (κ3) is 4.51. The van der Waals surface area contributed by atoms with Crippen LogP contribution in [0.3, 0.4) is 0 Å². The standard InChI is InChI=1S/C15H11Cl3N2O3/c16-10-7-11(9(6-12(21)22)13(17)14(10)18)20-15(23)19-8-4-2-1-3-5-8/h1-5,7H,6H2,(H,21,22)(H2,19,20,23). The number of urea groups is 1. The molecule has 3 N–H and O–H groups in total. The second-order valence-electron chi connectivity index (χ2n) is 4.53. The van der Waals surface area contributed by atoms with Crippen LogP contribution in [0, 0.1) is 0 Å². The number of para-hydroxylation sites is 1. The highest BCUT2D eigenvalue weighted by Gasteiger charge is 2.18. The highest BCUT2D eigenvalue weighted by Crippen LogP contribution is 2.38. The van der Waals surface area contributed by atoms with Gasteiger partial charge in [-0.2, -0.15) is 0 Å². The topological polar surface area (TPSA) is 78.4 Å². The predicted octanol–water partition coefficient (Wildman–Crippen LogP) is 4.92. The Morgan fingerprint density at radius 3 is 2.26 bits per heavy atom. The summed E-state index contributed by atoms with van der Waals surface area (Å²) >= 11 is 17.9. The van der Waals surface area contributed by atoms with Gasteiger partial charge in [-0.15, -0.1) is 0 Å². The van der Waals surface area contributed by atoms with E-state index in [1.165, 1.54) is 6.07 Å². The maximum absolute atomic E-state index is 12.0. The largest absolute Gasteiger partial charge is 0.481 e. The molecule has 0 spiro atoms. The van der Waals surface area contributed by atoms with E-state index in [1.54, 1.807) is 24.3 Å². The lowest BCUT2D eigenvalue weighted by molar-refractivity contribution is -0.136. The van der Waals surface area contributed by atoms with Gasteiger partial charge in [0.2, 0.25) is 0 Å². The summed E-state index contributed by atoms with van der Waals surface area (Å²) < 4.78 is 0.